The summed E-state index contributed by atoms with van der Waals surface area (Å²) < 4.78 is 4.55. The lowest BCUT2D eigenvalue weighted by Crippen LogP contribution is -2.11. The number of pyridine rings is 1. The second kappa shape index (κ2) is 5.06. The number of anilines is 1. The summed E-state index contributed by atoms with van der Waals surface area (Å²) in [6.45, 7) is 4.96. The second-order valence-electron chi connectivity index (χ2n) is 3.05. The maximum absolute atomic E-state index is 11.3. The first-order valence-corrected chi connectivity index (χ1v) is 4.56. The molecule has 1 heterocycles. The third-order valence-corrected chi connectivity index (χ3v) is 1.86. The zero-order valence-electron chi connectivity index (χ0n) is 9.11. The van der Waals surface area contributed by atoms with Crippen molar-refractivity contribution in [3.8, 4) is 0 Å². The minimum atomic E-state index is -0.556. The van der Waals surface area contributed by atoms with Gasteiger partial charge in [0.2, 0.25) is 5.91 Å². The van der Waals surface area contributed by atoms with Crippen LogP contribution in [0, 0.1) is 0 Å². The first-order valence-electron chi connectivity index (χ1n) is 4.56. The summed E-state index contributed by atoms with van der Waals surface area (Å²) in [5.41, 5.74) is 0.601. The molecule has 1 aromatic heterocycles. The molecule has 0 radical (unpaired) electrons. The van der Waals surface area contributed by atoms with Crippen LogP contribution < -0.4 is 5.32 Å². The van der Waals surface area contributed by atoms with E-state index in [0.29, 0.717) is 11.4 Å². The summed E-state index contributed by atoms with van der Waals surface area (Å²) in [6, 6.07) is 3.28. The normalized spacial score (nSPS) is 9.38. The molecular weight excluding hydrogens is 208 g/mol. The van der Waals surface area contributed by atoms with Gasteiger partial charge in [-0.25, -0.2) is 9.78 Å². The van der Waals surface area contributed by atoms with Crippen molar-refractivity contribution >= 4 is 23.3 Å². The molecule has 0 bridgehead atoms. The molecule has 0 aliphatic rings. The molecule has 5 heteroatoms. The average Bonchev–Trinajstić information content (AvgIpc) is 2.27. The third kappa shape index (κ3) is 2.66. The van der Waals surface area contributed by atoms with Gasteiger partial charge in [-0.15, -0.1) is 0 Å². The molecule has 0 unspecified atom stereocenters. The highest BCUT2D eigenvalue weighted by molar-refractivity contribution is 6.17. The van der Waals surface area contributed by atoms with Crippen LogP contribution in [0.3, 0.4) is 0 Å². The van der Waals surface area contributed by atoms with Crippen LogP contribution in [0.15, 0.2) is 24.9 Å². The number of carbonyl (C=O) groups excluding carboxylic acids is 2. The molecule has 5 nitrogen and oxygen atoms in total. The zero-order valence-corrected chi connectivity index (χ0v) is 9.11. The van der Waals surface area contributed by atoms with E-state index in [0.717, 1.165) is 0 Å². The van der Waals surface area contributed by atoms with Crippen molar-refractivity contribution in [3.63, 3.8) is 0 Å². The van der Waals surface area contributed by atoms with Crippen molar-refractivity contribution < 1.29 is 14.3 Å². The van der Waals surface area contributed by atoms with E-state index in [-0.39, 0.29) is 11.5 Å². The minimum Gasteiger partial charge on any atom is -0.465 e. The lowest BCUT2D eigenvalue weighted by molar-refractivity contribution is -0.133. The molecule has 1 amide bonds. The average molecular weight is 220 g/mol. The van der Waals surface area contributed by atoms with Crippen molar-refractivity contribution in [2.75, 3.05) is 12.4 Å². The van der Waals surface area contributed by atoms with Gasteiger partial charge in [0.25, 0.3) is 0 Å². The molecule has 0 aliphatic carbocycles. The van der Waals surface area contributed by atoms with Gasteiger partial charge in [-0.3, -0.25) is 4.79 Å². The fourth-order valence-corrected chi connectivity index (χ4v) is 1.15. The topological polar surface area (TPSA) is 68.3 Å². The van der Waals surface area contributed by atoms with Crippen LogP contribution in [-0.2, 0) is 14.3 Å². The Morgan fingerprint density at radius 2 is 2.19 bits per heavy atom. The van der Waals surface area contributed by atoms with Gasteiger partial charge in [0.1, 0.15) is 5.82 Å². The molecule has 0 aliphatic heterocycles. The Kier molecular flexibility index (Phi) is 3.77. The Bertz CT molecular complexity index is 441. The van der Waals surface area contributed by atoms with Crippen molar-refractivity contribution in [1.29, 1.82) is 0 Å². The quantitative estimate of drug-likeness (QED) is 0.614. The molecule has 0 spiro atoms. The van der Waals surface area contributed by atoms with E-state index in [1.54, 1.807) is 12.1 Å². The van der Waals surface area contributed by atoms with E-state index in [2.05, 4.69) is 21.6 Å². The summed E-state index contributed by atoms with van der Waals surface area (Å²) in [4.78, 5) is 26.2. The molecule has 1 aromatic rings. The Labute approximate surface area is 93.1 Å². The van der Waals surface area contributed by atoms with Crippen molar-refractivity contribution in [1.82, 2.24) is 4.98 Å². The fourth-order valence-electron chi connectivity index (χ4n) is 1.15. The highest BCUT2D eigenvalue weighted by Crippen LogP contribution is 2.20. The molecular formula is C11H12N2O3. The summed E-state index contributed by atoms with van der Waals surface area (Å²) in [5, 5.41) is 2.51. The minimum absolute atomic E-state index is 0.152. The van der Waals surface area contributed by atoms with E-state index < -0.39 is 5.97 Å². The second-order valence-corrected chi connectivity index (χ2v) is 3.05. The molecule has 1 rings (SSSR count). The van der Waals surface area contributed by atoms with Gasteiger partial charge in [-0.1, -0.05) is 6.58 Å². The zero-order chi connectivity index (χ0) is 12.1. The van der Waals surface area contributed by atoms with Gasteiger partial charge in [0.15, 0.2) is 0 Å². The number of amides is 1. The number of esters is 1. The first kappa shape index (κ1) is 11.9. The molecule has 0 atom stereocenters. The van der Waals surface area contributed by atoms with Crippen LogP contribution in [0.2, 0.25) is 0 Å². The Morgan fingerprint density at radius 3 is 2.75 bits per heavy atom. The van der Waals surface area contributed by atoms with Gasteiger partial charge in [0, 0.05) is 18.7 Å². The van der Waals surface area contributed by atoms with Crippen molar-refractivity contribution in [3.05, 3.63) is 30.5 Å². The van der Waals surface area contributed by atoms with Gasteiger partial charge < -0.3 is 10.1 Å². The number of rotatable bonds is 3. The van der Waals surface area contributed by atoms with Gasteiger partial charge in [-0.05, 0) is 12.1 Å². The van der Waals surface area contributed by atoms with Crippen LogP contribution in [0.4, 0.5) is 5.82 Å². The lowest BCUT2D eigenvalue weighted by Gasteiger charge is -2.09. The van der Waals surface area contributed by atoms with E-state index in [9.17, 15) is 9.59 Å². The number of ether oxygens (including phenoxy) is 1. The van der Waals surface area contributed by atoms with E-state index in [4.69, 9.17) is 0 Å². The van der Waals surface area contributed by atoms with E-state index >= 15 is 0 Å². The maximum atomic E-state index is 11.3. The summed E-state index contributed by atoms with van der Waals surface area (Å²) in [6.07, 6.45) is 1.51. The standard InChI is InChI=1S/C11H12N2O3/c1-7(11(15)16-3)9-5-4-6-12-10(9)13-8(2)14/h4-6H,1H2,2-3H3,(H,12,13,14). The van der Waals surface area contributed by atoms with E-state index in [1.165, 1.54) is 20.2 Å². The summed E-state index contributed by atoms with van der Waals surface area (Å²) >= 11 is 0. The van der Waals surface area contributed by atoms with Crippen LogP contribution >= 0.6 is 0 Å². The molecule has 0 fully saturated rings. The number of nitrogens with zero attached hydrogens (tertiary/aromatic N) is 1. The highest BCUT2D eigenvalue weighted by Gasteiger charge is 2.14. The first-order chi connectivity index (χ1) is 7.56. The van der Waals surface area contributed by atoms with Crippen molar-refractivity contribution in [2.24, 2.45) is 0 Å². The monoisotopic (exact) mass is 220 g/mol. The van der Waals surface area contributed by atoms with Crippen LogP contribution in [0.1, 0.15) is 12.5 Å². The molecule has 16 heavy (non-hydrogen) atoms. The molecule has 0 saturated carbocycles. The smallest absolute Gasteiger partial charge is 0.337 e. The molecule has 84 valence electrons. The predicted molar refractivity (Wildman–Crippen MR) is 59.6 cm³/mol. The number of hydrogen-bond donors (Lipinski definition) is 1. The number of carbonyl (C=O) groups is 2. The number of methoxy groups -OCH3 is 1. The van der Waals surface area contributed by atoms with Gasteiger partial charge >= 0.3 is 5.97 Å². The van der Waals surface area contributed by atoms with Gasteiger partial charge in [0.05, 0.1) is 12.7 Å². The fraction of sp³-hybridized carbons (Fsp3) is 0.182. The number of nitrogens with one attached hydrogen (secondary N) is 1. The largest absolute Gasteiger partial charge is 0.465 e. The predicted octanol–water partition coefficient (Wildman–Crippen LogP) is 1.23. The number of hydrogen-bond acceptors (Lipinski definition) is 4. The maximum Gasteiger partial charge on any atom is 0.337 e. The van der Waals surface area contributed by atoms with Crippen LogP contribution in [-0.4, -0.2) is 24.0 Å². The molecule has 0 aromatic carbocycles. The Hall–Kier alpha value is -2.17. The summed E-state index contributed by atoms with van der Waals surface area (Å²) in [7, 11) is 1.27. The Morgan fingerprint density at radius 1 is 1.50 bits per heavy atom. The highest BCUT2D eigenvalue weighted by atomic mass is 16.5. The van der Waals surface area contributed by atoms with Gasteiger partial charge in [-0.2, -0.15) is 0 Å². The summed E-state index contributed by atoms with van der Waals surface area (Å²) in [5.74, 6) is -0.525. The van der Waals surface area contributed by atoms with Crippen LogP contribution in [0.5, 0.6) is 0 Å². The Balaban J connectivity index is 3.08. The molecule has 0 saturated heterocycles. The third-order valence-electron chi connectivity index (χ3n) is 1.86. The van der Waals surface area contributed by atoms with Crippen molar-refractivity contribution in [2.45, 2.75) is 6.92 Å². The number of aromatic nitrogens is 1. The van der Waals surface area contributed by atoms with E-state index in [1.807, 2.05) is 0 Å². The molecule has 1 N–H and O–H groups in total. The lowest BCUT2D eigenvalue weighted by atomic mass is 10.1. The SMILES string of the molecule is C=C(C(=O)OC)c1cccnc1NC(C)=O. The van der Waals surface area contributed by atoms with Crippen LogP contribution in [0.25, 0.3) is 5.57 Å².